The van der Waals surface area contributed by atoms with E-state index >= 15 is 0 Å². The van der Waals surface area contributed by atoms with Gasteiger partial charge in [0.15, 0.2) is 5.76 Å². The van der Waals surface area contributed by atoms with Crippen molar-refractivity contribution >= 4 is 10.0 Å². The van der Waals surface area contributed by atoms with Crippen LogP contribution in [0.3, 0.4) is 0 Å². The third-order valence-electron chi connectivity index (χ3n) is 3.92. The van der Waals surface area contributed by atoms with Crippen molar-refractivity contribution in [2.45, 2.75) is 45.2 Å². The van der Waals surface area contributed by atoms with E-state index in [0.717, 1.165) is 5.56 Å². The number of nitrogens with one attached hydrogen (secondary N) is 1. The highest BCUT2D eigenvalue weighted by Crippen LogP contribution is 2.31. The predicted octanol–water partition coefficient (Wildman–Crippen LogP) is 4.09. The van der Waals surface area contributed by atoms with Crippen molar-refractivity contribution in [2.75, 3.05) is 0 Å². The molecule has 0 bridgehead atoms. The van der Waals surface area contributed by atoms with Gasteiger partial charge in [0.25, 0.3) is 10.0 Å². The third kappa shape index (κ3) is 4.84. The van der Waals surface area contributed by atoms with Crippen LogP contribution in [-0.4, -0.2) is 18.6 Å². The lowest BCUT2D eigenvalue weighted by Crippen LogP contribution is -2.31. The Balaban J connectivity index is 1.87. The number of sulfonamides is 1. The Labute approximate surface area is 158 Å². The van der Waals surface area contributed by atoms with Crippen LogP contribution in [0.4, 0.5) is 0 Å². The van der Waals surface area contributed by atoms with Gasteiger partial charge in [-0.1, -0.05) is 32.0 Å². The lowest BCUT2D eigenvalue weighted by atomic mass is 9.86. The Morgan fingerprint density at radius 2 is 1.96 bits per heavy atom. The fraction of sp³-hybridized carbons (Fsp3) is 0.368. The van der Waals surface area contributed by atoms with Crippen LogP contribution in [0.1, 0.15) is 44.5 Å². The number of nitrogens with zero attached hydrogens (tertiary/aromatic N) is 2. The van der Waals surface area contributed by atoms with Gasteiger partial charge in [0.2, 0.25) is 10.9 Å². The number of furan rings is 1. The maximum absolute atomic E-state index is 12.9. The molecule has 0 radical (unpaired) electrons. The summed E-state index contributed by atoms with van der Waals surface area (Å²) in [5.74, 6) is 0.692. The zero-order valence-electron chi connectivity index (χ0n) is 15.8. The molecule has 1 atom stereocenters. The van der Waals surface area contributed by atoms with Crippen molar-refractivity contribution in [3.63, 3.8) is 0 Å². The Bertz CT molecular complexity index is 1000. The molecule has 8 heteroatoms. The standard InChI is InChI=1S/C19H23N3O4S/c1-13-10-17(26-21-13)16-7-8-18(25-16)27(23,24)22-15(11-19(2,3)4)14-6-5-9-20-12-14/h5-10,12,15,22H,11H2,1-4H3. The van der Waals surface area contributed by atoms with Crippen molar-refractivity contribution in [3.05, 3.63) is 54.0 Å². The van der Waals surface area contributed by atoms with E-state index in [0.29, 0.717) is 23.6 Å². The van der Waals surface area contributed by atoms with E-state index in [4.69, 9.17) is 8.94 Å². The van der Waals surface area contributed by atoms with Gasteiger partial charge in [-0.05, 0) is 42.5 Å². The Kier molecular flexibility index (Phi) is 5.21. The zero-order valence-corrected chi connectivity index (χ0v) is 16.6. The van der Waals surface area contributed by atoms with Crippen molar-refractivity contribution in [1.29, 1.82) is 0 Å². The van der Waals surface area contributed by atoms with Gasteiger partial charge < -0.3 is 8.94 Å². The molecule has 3 aromatic heterocycles. The molecule has 0 spiro atoms. The van der Waals surface area contributed by atoms with Gasteiger partial charge in [0.1, 0.15) is 0 Å². The van der Waals surface area contributed by atoms with E-state index in [2.05, 4.69) is 35.6 Å². The normalized spacial score (nSPS) is 13.6. The maximum atomic E-state index is 12.9. The topological polar surface area (TPSA) is 98.2 Å². The van der Waals surface area contributed by atoms with Gasteiger partial charge in [-0.2, -0.15) is 0 Å². The van der Waals surface area contributed by atoms with Gasteiger partial charge in [-0.25, -0.2) is 13.1 Å². The van der Waals surface area contributed by atoms with Crippen molar-refractivity contribution in [1.82, 2.24) is 14.9 Å². The minimum absolute atomic E-state index is 0.0886. The first-order valence-electron chi connectivity index (χ1n) is 8.60. The van der Waals surface area contributed by atoms with Crippen LogP contribution in [0.5, 0.6) is 0 Å². The fourth-order valence-corrected chi connectivity index (χ4v) is 3.90. The summed E-state index contributed by atoms with van der Waals surface area (Å²) in [5, 5.41) is 3.61. The number of aryl methyl sites for hydroxylation is 1. The van der Waals surface area contributed by atoms with Gasteiger partial charge in [-0.15, -0.1) is 0 Å². The van der Waals surface area contributed by atoms with Crippen LogP contribution in [0.15, 0.2) is 56.8 Å². The molecule has 1 unspecified atom stereocenters. The third-order valence-corrected chi connectivity index (χ3v) is 5.26. The molecule has 0 fully saturated rings. The first kappa shape index (κ1) is 19.3. The molecule has 0 aliphatic heterocycles. The first-order valence-corrected chi connectivity index (χ1v) is 10.1. The van der Waals surface area contributed by atoms with Crippen LogP contribution in [0, 0.1) is 12.3 Å². The quantitative estimate of drug-likeness (QED) is 0.682. The highest BCUT2D eigenvalue weighted by atomic mass is 32.2. The van der Waals surface area contributed by atoms with Crippen LogP contribution in [0.25, 0.3) is 11.5 Å². The minimum atomic E-state index is -3.87. The van der Waals surface area contributed by atoms with Crippen LogP contribution in [-0.2, 0) is 10.0 Å². The zero-order chi connectivity index (χ0) is 19.7. The molecule has 0 aromatic carbocycles. The van der Waals surface area contributed by atoms with Gasteiger partial charge in [0.05, 0.1) is 5.69 Å². The minimum Gasteiger partial charge on any atom is -0.440 e. The lowest BCUT2D eigenvalue weighted by molar-refractivity contribution is 0.328. The van der Waals surface area contributed by atoms with Crippen molar-refractivity contribution in [3.8, 4) is 11.5 Å². The number of hydrogen-bond acceptors (Lipinski definition) is 6. The summed E-state index contributed by atoms with van der Waals surface area (Å²) in [4.78, 5) is 4.11. The van der Waals surface area contributed by atoms with Gasteiger partial charge in [0, 0.05) is 24.5 Å². The van der Waals surface area contributed by atoms with E-state index in [9.17, 15) is 8.42 Å². The highest BCUT2D eigenvalue weighted by Gasteiger charge is 2.28. The molecule has 0 aliphatic carbocycles. The summed E-state index contributed by atoms with van der Waals surface area (Å²) >= 11 is 0. The molecule has 0 amide bonds. The van der Waals surface area contributed by atoms with E-state index in [1.807, 2.05) is 6.07 Å². The Morgan fingerprint density at radius 1 is 1.19 bits per heavy atom. The number of rotatable bonds is 6. The molecule has 0 aliphatic rings. The summed E-state index contributed by atoms with van der Waals surface area (Å²) in [6.07, 6.45) is 3.93. The fourth-order valence-electron chi connectivity index (χ4n) is 2.74. The molecular weight excluding hydrogens is 366 g/mol. The number of aromatic nitrogens is 2. The van der Waals surface area contributed by atoms with Crippen LogP contribution in [0.2, 0.25) is 0 Å². The monoisotopic (exact) mass is 389 g/mol. The summed E-state index contributed by atoms with van der Waals surface area (Å²) in [6, 6.07) is 7.86. The van der Waals surface area contributed by atoms with Gasteiger partial charge >= 0.3 is 0 Å². The maximum Gasteiger partial charge on any atom is 0.274 e. The molecule has 144 valence electrons. The molecule has 27 heavy (non-hydrogen) atoms. The SMILES string of the molecule is Cc1cc(-c2ccc(S(=O)(=O)NC(CC(C)(C)C)c3cccnc3)o2)on1. The average molecular weight is 389 g/mol. The molecule has 1 N–H and O–H groups in total. The van der Waals surface area contributed by atoms with Crippen LogP contribution >= 0.6 is 0 Å². The molecule has 0 saturated carbocycles. The molecule has 3 rings (SSSR count). The van der Waals surface area contributed by atoms with Crippen molar-refractivity contribution in [2.24, 2.45) is 5.41 Å². The summed E-state index contributed by atoms with van der Waals surface area (Å²) in [5.41, 5.74) is 1.40. The predicted molar refractivity (Wildman–Crippen MR) is 100 cm³/mol. The number of pyridine rings is 1. The summed E-state index contributed by atoms with van der Waals surface area (Å²) in [6.45, 7) is 7.95. The van der Waals surface area contributed by atoms with E-state index in [1.165, 1.54) is 6.07 Å². The van der Waals surface area contributed by atoms with E-state index < -0.39 is 16.1 Å². The molecular formula is C19H23N3O4S. The first-order chi connectivity index (χ1) is 12.6. The Morgan fingerprint density at radius 3 is 2.56 bits per heavy atom. The second-order valence-corrected chi connectivity index (χ2v) is 9.32. The average Bonchev–Trinajstić information content (AvgIpc) is 3.23. The second-order valence-electron chi connectivity index (χ2n) is 7.68. The Hall–Kier alpha value is -2.45. The molecule has 3 aromatic rings. The number of hydrogen-bond donors (Lipinski definition) is 1. The second kappa shape index (κ2) is 7.28. The molecule has 3 heterocycles. The summed E-state index contributed by atoms with van der Waals surface area (Å²) in [7, 11) is -3.87. The van der Waals surface area contributed by atoms with Crippen LogP contribution < -0.4 is 4.72 Å². The largest absolute Gasteiger partial charge is 0.440 e. The van der Waals surface area contributed by atoms with E-state index in [-0.39, 0.29) is 10.5 Å². The molecule has 0 saturated heterocycles. The van der Waals surface area contributed by atoms with E-state index in [1.54, 1.807) is 37.5 Å². The molecule has 7 nitrogen and oxygen atoms in total. The smallest absolute Gasteiger partial charge is 0.274 e. The highest BCUT2D eigenvalue weighted by molar-refractivity contribution is 7.89. The summed E-state index contributed by atoms with van der Waals surface area (Å²) < 4.78 is 39.1. The lowest BCUT2D eigenvalue weighted by Gasteiger charge is -2.26. The van der Waals surface area contributed by atoms with Crippen molar-refractivity contribution < 1.29 is 17.4 Å². The van der Waals surface area contributed by atoms with Gasteiger partial charge in [-0.3, -0.25) is 4.98 Å².